The molecule has 2 N–H and O–H groups in total. The Labute approximate surface area is 133 Å². The highest BCUT2D eigenvalue weighted by Gasteiger charge is 2.08. The minimum Gasteiger partial charge on any atom is -0.322 e. The van der Waals surface area contributed by atoms with Gasteiger partial charge in [-0.05, 0) is 41.0 Å². The Bertz CT molecular complexity index is 777. The van der Waals surface area contributed by atoms with Crippen LogP contribution in [0.4, 0.5) is 5.69 Å². The summed E-state index contributed by atoms with van der Waals surface area (Å²) in [5.41, 5.74) is 3.40. The standard InChI is InChI=1S/C17H17N5O/c1-11(2)12-7-9-15(10-8-12)18-17(23)14-5-3-13(4-6-14)16-19-21-22-20-16/h3-11H,1-2H3,(H,18,23)(H,19,20,21,22). The highest BCUT2D eigenvalue weighted by Crippen LogP contribution is 2.18. The van der Waals surface area contributed by atoms with Crippen LogP contribution >= 0.6 is 0 Å². The van der Waals surface area contributed by atoms with Gasteiger partial charge in [0, 0.05) is 16.8 Å². The average Bonchev–Trinajstić information content (AvgIpc) is 3.10. The van der Waals surface area contributed by atoms with Gasteiger partial charge in [0.25, 0.3) is 5.91 Å². The van der Waals surface area contributed by atoms with Gasteiger partial charge in [0.2, 0.25) is 5.82 Å². The number of aromatic amines is 1. The van der Waals surface area contributed by atoms with Crippen molar-refractivity contribution in [3.05, 3.63) is 59.7 Å². The lowest BCUT2D eigenvalue weighted by atomic mass is 10.0. The van der Waals surface area contributed by atoms with Crippen LogP contribution in [0.1, 0.15) is 35.7 Å². The summed E-state index contributed by atoms with van der Waals surface area (Å²) in [4.78, 5) is 12.3. The zero-order valence-electron chi connectivity index (χ0n) is 12.9. The summed E-state index contributed by atoms with van der Waals surface area (Å²) in [6, 6.07) is 15.0. The second kappa shape index (κ2) is 6.39. The third kappa shape index (κ3) is 3.42. The van der Waals surface area contributed by atoms with Gasteiger partial charge < -0.3 is 5.32 Å². The molecule has 0 aliphatic rings. The van der Waals surface area contributed by atoms with Crippen molar-refractivity contribution in [3.8, 4) is 11.4 Å². The number of hydrogen-bond acceptors (Lipinski definition) is 4. The van der Waals surface area contributed by atoms with Gasteiger partial charge in [-0.1, -0.05) is 38.1 Å². The monoisotopic (exact) mass is 307 g/mol. The molecule has 2 aromatic carbocycles. The van der Waals surface area contributed by atoms with E-state index in [1.54, 1.807) is 24.3 Å². The third-order valence-electron chi connectivity index (χ3n) is 3.59. The van der Waals surface area contributed by atoms with E-state index in [1.807, 2.05) is 24.3 Å². The molecule has 6 heteroatoms. The fourth-order valence-corrected chi connectivity index (χ4v) is 2.21. The van der Waals surface area contributed by atoms with E-state index in [-0.39, 0.29) is 5.91 Å². The van der Waals surface area contributed by atoms with E-state index >= 15 is 0 Å². The first-order valence-electron chi connectivity index (χ1n) is 7.38. The summed E-state index contributed by atoms with van der Waals surface area (Å²) in [5.74, 6) is 0.820. The maximum Gasteiger partial charge on any atom is 0.255 e. The summed E-state index contributed by atoms with van der Waals surface area (Å²) in [5, 5.41) is 16.6. The first-order valence-corrected chi connectivity index (χ1v) is 7.38. The molecule has 3 rings (SSSR count). The lowest BCUT2D eigenvalue weighted by Gasteiger charge is -2.08. The predicted octanol–water partition coefficient (Wildman–Crippen LogP) is 3.24. The Balaban J connectivity index is 1.70. The zero-order valence-corrected chi connectivity index (χ0v) is 12.9. The fraction of sp³-hybridized carbons (Fsp3) is 0.176. The van der Waals surface area contributed by atoms with Gasteiger partial charge >= 0.3 is 0 Å². The minimum absolute atomic E-state index is 0.151. The number of tetrazole rings is 1. The Hall–Kier alpha value is -3.02. The van der Waals surface area contributed by atoms with Crippen LogP contribution in [-0.4, -0.2) is 26.5 Å². The molecule has 116 valence electrons. The van der Waals surface area contributed by atoms with Crippen molar-refractivity contribution in [2.75, 3.05) is 5.32 Å². The van der Waals surface area contributed by atoms with Gasteiger partial charge in [0.05, 0.1) is 0 Å². The number of anilines is 1. The molecular formula is C17H17N5O. The lowest BCUT2D eigenvalue weighted by molar-refractivity contribution is 0.102. The van der Waals surface area contributed by atoms with Gasteiger partial charge in [-0.25, -0.2) is 0 Å². The highest BCUT2D eigenvalue weighted by molar-refractivity contribution is 6.04. The molecule has 0 saturated heterocycles. The Morgan fingerprint density at radius 3 is 2.30 bits per heavy atom. The Kier molecular flexibility index (Phi) is 4.14. The van der Waals surface area contributed by atoms with E-state index in [0.29, 0.717) is 17.3 Å². The van der Waals surface area contributed by atoms with E-state index in [2.05, 4.69) is 39.8 Å². The summed E-state index contributed by atoms with van der Waals surface area (Å²) in [6.07, 6.45) is 0. The van der Waals surface area contributed by atoms with Gasteiger partial charge in [-0.3, -0.25) is 4.79 Å². The topological polar surface area (TPSA) is 83.6 Å². The first-order chi connectivity index (χ1) is 11.1. The number of benzene rings is 2. The van der Waals surface area contributed by atoms with Crippen LogP contribution in [0, 0.1) is 0 Å². The predicted molar refractivity (Wildman–Crippen MR) is 88.1 cm³/mol. The van der Waals surface area contributed by atoms with E-state index in [1.165, 1.54) is 5.56 Å². The van der Waals surface area contributed by atoms with Crippen LogP contribution in [0.15, 0.2) is 48.5 Å². The van der Waals surface area contributed by atoms with Gasteiger partial charge in [0.15, 0.2) is 0 Å². The number of amides is 1. The maximum absolute atomic E-state index is 12.3. The van der Waals surface area contributed by atoms with Crippen molar-refractivity contribution < 1.29 is 4.79 Å². The molecule has 1 aromatic heterocycles. The van der Waals surface area contributed by atoms with Crippen molar-refractivity contribution in [3.63, 3.8) is 0 Å². The molecule has 1 amide bonds. The summed E-state index contributed by atoms with van der Waals surface area (Å²) in [7, 11) is 0. The Morgan fingerprint density at radius 1 is 1.04 bits per heavy atom. The largest absolute Gasteiger partial charge is 0.322 e. The van der Waals surface area contributed by atoms with Gasteiger partial charge in [-0.15, -0.1) is 10.2 Å². The molecule has 0 unspecified atom stereocenters. The third-order valence-corrected chi connectivity index (χ3v) is 3.59. The van der Waals surface area contributed by atoms with Crippen molar-refractivity contribution in [2.45, 2.75) is 19.8 Å². The quantitative estimate of drug-likeness (QED) is 0.775. The minimum atomic E-state index is -0.151. The van der Waals surface area contributed by atoms with E-state index < -0.39 is 0 Å². The molecule has 0 fully saturated rings. The molecular weight excluding hydrogens is 290 g/mol. The number of carbonyl (C=O) groups is 1. The molecule has 0 aliphatic carbocycles. The number of H-pyrrole nitrogens is 1. The number of hydrogen-bond donors (Lipinski definition) is 2. The molecule has 0 saturated carbocycles. The van der Waals surface area contributed by atoms with Crippen LogP contribution in [0.5, 0.6) is 0 Å². The van der Waals surface area contributed by atoms with Crippen molar-refractivity contribution in [1.29, 1.82) is 0 Å². The molecule has 0 spiro atoms. The average molecular weight is 307 g/mol. The molecule has 23 heavy (non-hydrogen) atoms. The van der Waals surface area contributed by atoms with Crippen molar-refractivity contribution in [2.24, 2.45) is 0 Å². The van der Waals surface area contributed by atoms with Crippen LogP contribution in [0.3, 0.4) is 0 Å². The molecule has 3 aromatic rings. The van der Waals surface area contributed by atoms with Gasteiger partial charge in [-0.2, -0.15) is 5.21 Å². The van der Waals surface area contributed by atoms with Crippen molar-refractivity contribution in [1.82, 2.24) is 20.6 Å². The highest BCUT2D eigenvalue weighted by atomic mass is 16.1. The first kappa shape index (κ1) is 14.9. The van der Waals surface area contributed by atoms with E-state index in [0.717, 1.165) is 11.3 Å². The fourth-order valence-electron chi connectivity index (χ4n) is 2.21. The number of rotatable bonds is 4. The molecule has 0 radical (unpaired) electrons. The van der Waals surface area contributed by atoms with Crippen LogP contribution in [-0.2, 0) is 0 Å². The molecule has 0 aliphatic heterocycles. The normalized spacial score (nSPS) is 10.7. The Morgan fingerprint density at radius 2 is 1.74 bits per heavy atom. The lowest BCUT2D eigenvalue weighted by Crippen LogP contribution is -2.11. The second-order valence-electron chi connectivity index (χ2n) is 5.54. The summed E-state index contributed by atoms with van der Waals surface area (Å²) in [6.45, 7) is 4.28. The van der Waals surface area contributed by atoms with Gasteiger partial charge in [0.1, 0.15) is 0 Å². The molecule has 0 atom stereocenters. The SMILES string of the molecule is CC(C)c1ccc(NC(=O)c2ccc(-c3nn[nH]n3)cc2)cc1. The van der Waals surface area contributed by atoms with Crippen LogP contribution in [0.2, 0.25) is 0 Å². The van der Waals surface area contributed by atoms with Crippen LogP contribution in [0.25, 0.3) is 11.4 Å². The number of carbonyl (C=O) groups excluding carboxylic acids is 1. The molecule has 6 nitrogen and oxygen atoms in total. The summed E-state index contributed by atoms with van der Waals surface area (Å²) < 4.78 is 0. The smallest absolute Gasteiger partial charge is 0.255 e. The molecule has 0 bridgehead atoms. The molecule has 1 heterocycles. The second-order valence-corrected chi connectivity index (χ2v) is 5.54. The van der Waals surface area contributed by atoms with E-state index in [4.69, 9.17) is 0 Å². The van der Waals surface area contributed by atoms with Crippen molar-refractivity contribution >= 4 is 11.6 Å². The summed E-state index contributed by atoms with van der Waals surface area (Å²) >= 11 is 0. The maximum atomic E-state index is 12.3. The van der Waals surface area contributed by atoms with E-state index in [9.17, 15) is 4.79 Å². The number of nitrogens with one attached hydrogen (secondary N) is 2. The van der Waals surface area contributed by atoms with Crippen LogP contribution < -0.4 is 5.32 Å². The number of aromatic nitrogens is 4. The number of nitrogens with zero attached hydrogens (tertiary/aromatic N) is 3. The zero-order chi connectivity index (χ0) is 16.2.